The monoisotopic (exact) mass is 390 g/mol. The van der Waals surface area contributed by atoms with E-state index < -0.39 is 15.7 Å². The lowest BCUT2D eigenvalue weighted by molar-refractivity contribution is 0.346. The summed E-state index contributed by atoms with van der Waals surface area (Å²) >= 11 is 0. The molecule has 9 heteroatoms. The van der Waals surface area contributed by atoms with Crippen molar-refractivity contribution in [3.63, 3.8) is 0 Å². The molecule has 1 aliphatic rings. The number of pyridine rings is 1. The quantitative estimate of drug-likeness (QED) is 0.681. The van der Waals surface area contributed by atoms with Crippen LogP contribution in [0.25, 0.3) is 5.65 Å². The highest BCUT2D eigenvalue weighted by atomic mass is 32.2. The molecule has 0 spiro atoms. The molecule has 0 N–H and O–H groups in total. The van der Waals surface area contributed by atoms with E-state index in [2.05, 4.69) is 5.10 Å². The van der Waals surface area contributed by atoms with Gasteiger partial charge < -0.3 is 0 Å². The molecule has 4 rings (SSSR count). The Balaban J connectivity index is 1.70. The van der Waals surface area contributed by atoms with Crippen molar-refractivity contribution < 1.29 is 12.8 Å². The minimum absolute atomic E-state index is 0.0734. The van der Waals surface area contributed by atoms with Crippen molar-refractivity contribution in [2.24, 2.45) is 0 Å². The average molecular weight is 390 g/mol. The van der Waals surface area contributed by atoms with Crippen molar-refractivity contribution in [2.75, 3.05) is 13.1 Å². The predicted molar refractivity (Wildman–Crippen MR) is 97.6 cm³/mol. The Morgan fingerprint density at radius 3 is 2.59 bits per heavy atom. The fourth-order valence-corrected chi connectivity index (χ4v) is 4.83. The molecule has 0 amide bonds. The molecular formula is C18H19FN4O3S. The van der Waals surface area contributed by atoms with Gasteiger partial charge >= 0.3 is 5.69 Å². The molecule has 0 unspecified atom stereocenters. The van der Waals surface area contributed by atoms with Gasteiger partial charge in [-0.15, -0.1) is 5.10 Å². The molecule has 1 aromatic carbocycles. The van der Waals surface area contributed by atoms with Gasteiger partial charge in [-0.05, 0) is 42.7 Å². The summed E-state index contributed by atoms with van der Waals surface area (Å²) in [5.74, 6) is -0.390. The first kappa shape index (κ1) is 17.9. The van der Waals surface area contributed by atoms with Crippen LogP contribution in [0.1, 0.15) is 24.8 Å². The number of hydrogen-bond donors (Lipinski definition) is 0. The summed E-state index contributed by atoms with van der Waals surface area (Å²) in [5, 5.41) is 4.21. The SMILES string of the molecule is O=c1n(Cc2cccc(F)c2)nc2ccc(S(=O)(=O)N3CCCCC3)cn12. The number of sulfonamides is 1. The number of rotatable bonds is 4. The molecule has 7 nitrogen and oxygen atoms in total. The summed E-state index contributed by atoms with van der Waals surface area (Å²) in [4.78, 5) is 12.7. The van der Waals surface area contributed by atoms with E-state index in [0.29, 0.717) is 24.3 Å². The van der Waals surface area contributed by atoms with Crippen LogP contribution in [0, 0.1) is 5.82 Å². The van der Waals surface area contributed by atoms with Gasteiger partial charge in [0.2, 0.25) is 10.0 Å². The first-order valence-corrected chi connectivity index (χ1v) is 10.2. The molecule has 0 radical (unpaired) electrons. The standard InChI is InChI=1S/C18H19FN4O3S/c19-15-6-4-5-14(11-15)12-23-18(24)22-13-16(7-8-17(22)20-23)27(25,26)21-9-2-1-3-10-21/h4-8,11,13H,1-3,9-10,12H2. The summed E-state index contributed by atoms with van der Waals surface area (Å²) in [6.45, 7) is 1.09. The summed E-state index contributed by atoms with van der Waals surface area (Å²) < 4.78 is 42.9. The van der Waals surface area contributed by atoms with Crippen LogP contribution < -0.4 is 5.69 Å². The Kier molecular flexibility index (Phi) is 4.56. The van der Waals surface area contributed by atoms with Crippen LogP contribution in [-0.2, 0) is 16.6 Å². The number of hydrogen-bond acceptors (Lipinski definition) is 4. The average Bonchev–Trinajstić information content (AvgIpc) is 2.98. The molecular weight excluding hydrogens is 371 g/mol. The molecule has 0 saturated carbocycles. The van der Waals surface area contributed by atoms with Crippen LogP contribution in [0.5, 0.6) is 0 Å². The van der Waals surface area contributed by atoms with Gasteiger partial charge in [-0.2, -0.15) is 4.31 Å². The molecule has 0 bridgehead atoms. The molecule has 0 atom stereocenters. The van der Waals surface area contributed by atoms with Crippen LogP contribution in [0.3, 0.4) is 0 Å². The van der Waals surface area contributed by atoms with Crippen molar-refractivity contribution in [3.8, 4) is 0 Å². The molecule has 0 aliphatic carbocycles. The second kappa shape index (κ2) is 6.90. The highest BCUT2D eigenvalue weighted by Crippen LogP contribution is 2.20. The maximum absolute atomic E-state index is 13.4. The van der Waals surface area contributed by atoms with Gasteiger partial charge in [-0.25, -0.2) is 26.7 Å². The minimum atomic E-state index is -3.64. The van der Waals surface area contributed by atoms with Gasteiger partial charge in [-0.3, -0.25) is 0 Å². The van der Waals surface area contributed by atoms with E-state index in [1.165, 1.54) is 43.9 Å². The van der Waals surface area contributed by atoms with E-state index in [1.54, 1.807) is 12.1 Å². The molecule has 2 aromatic heterocycles. The Labute approximate surface area is 155 Å². The number of fused-ring (bicyclic) bond motifs is 1. The first-order chi connectivity index (χ1) is 12.9. The fourth-order valence-electron chi connectivity index (χ4n) is 3.32. The van der Waals surface area contributed by atoms with Crippen molar-refractivity contribution in [1.29, 1.82) is 0 Å². The Bertz CT molecular complexity index is 1150. The number of halogens is 1. The Morgan fingerprint density at radius 2 is 1.85 bits per heavy atom. The predicted octanol–water partition coefficient (Wildman–Crippen LogP) is 1.86. The van der Waals surface area contributed by atoms with Crippen molar-refractivity contribution in [1.82, 2.24) is 18.5 Å². The lowest BCUT2D eigenvalue weighted by Gasteiger charge is -2.25. The molecule has 3 heterocycles. The summed E-state index contributed by atoms with van der Waals surface area (Å²) in [6.07, 6.45) is 4.02. The van der Waals surface area contributed by atoms with Crippen LogP contribution in [0.4, 0.5) is 4.39 Å². The maximum atomic E-state index is 13.4. The fraction of sp³-hybridized carbons (Fsp3) is 0.333. The van der Waals surface area contributed by atoms with E-state index in [-0.39, 0.29) is 17.3 Å². The van der Waals surface area contributed by atoms with Crippen molar-refractivity contribution in [3.05, 3.63) is 64.5 Å². The van der Waals surface area contributed by atoms with Gasteiger partial charge in [0.05, 0.1) is 11.4 Å². The molecule has 142 valence electrons. The second-order valence-electron chi connectivity index (χ2n) is 6.63. The van der Waals surface area contributed by atoms with E-state index >= 15 is 0 Å². The third-order valence-electron chi connectivity index (χ3n) is 4.72. The third-order valence-corrected chi connectivity index (χ3v) is 6.61. The second-order valence-corrected chi connectivity index (χ2v) is 8.57. The topological polar surface area (TPSA) is 76.7 Å². The van der Waals surface area contributed by atoms with Gasteiger partial charge in [0, 0.05) is 19.3 Å². The van der Waals surface area contributed by atoms with E-state index in [4.69, 9.17) is 0 Å². The van der Waals surface area contributed by atoms with Crippen LogP contribution in [0.2, 0.25) is 0 Å². The van der Waals surface area contributed by atoms with E-state index in [1.807, 2.05) is 0 Å². The Hall–Kier alpha value is -2.52. The van der Waals surface area contributed by atoms with Gasteiger partial charge in [0.25, 0.3) is 0 Å². The summed E-state index contributed by atoms with van der Waals surface area (Å²) in [5.41, 5.74) is 0.473. The van der Waals surface area contributed by atoms with Gasteiger partial charge in [-0.1, -0.05) is 18.6 Å². The van der Waals surface area contributed by atoms with Crippen LogP contribution in [-0.4, -0.2) is 40.0 Å². The maximum Gasteiger partial charge on any atom is 0.350 e. The molecule has 1 saturated heterocycles. The number of benzene rings is 1. The van der Waals surface area contributed by atoms with Crippen LogP contribution >= 0.6 is 0 Å². The number of nitrogens with zero attached hydrogens (tertiary/aromatic N) is 4. The molecule has 27 heavy (non-hydrogen) atoms. The number of aromatic nitrogens is 3. The Morgan fingerprint density at radius 1 is 1.07 bits per heavy atom. The lowest BCUT2D eigenvalue weighted by Crippen LogP contribution is -2.35. The molecule has 3 aromatic rings. The summed E-state index contributed by atoms with van der Waals surface area (Å²) in [6, 6.07) is 8.91. The largest absolute Gasteiger partial charge is 0.350 e. The van der Waals surface area contributed by atoms with E-state index in [9.17, 15) is 17.6 Å². The normalized spacial score (nSPS) is 16.0. The first-order valence-electron chi connectivity index (χ1n) is 8.79. The van der Waals surface area contributed by atoms with Gasteiger partial charge in [0.15, 0.2) is 5.65 Å². The zero-order chi connectivity index (χ0) is 19.0. The van der Waals surface area contributed by atoms with Crippen molar-refractivity contribution in [2.45, 2.75) is 30.7 Å². The molecule has 1 fully saturated rings. The van der Waals surface area contributed by atoms with E-state index in [0.717, 1.165) is 19.3 Å². The summed E-state index contributed by atoms with van der Waals surface area (Å²) in [7, 11) is -3.64. The van der Waals surface area contributed by atoms with Gasteiger partial charge in [0.1, 0.15) is 5.82 Å². The highest BCUT2D eigenvalue weighted by molar-refractivity contribution is 7.89. The third kappa shape index (κ3) is 3.40. The minimum Gasteiger partial charge on any atom is -0.249 e. The van der Waals surface area contributed by atoms with Crippen molar-refractivity contribution >= 4 is 15.7 Å². The number of piperidine rings is 1. The lowest BCUT2D eigenvalue weighted by atomic mass is 10.2. The highest BCUT2D eigenvalue weighted by Gasteiger charge is 2.26. The molecule has 1 aliphatic heterocycles. The zero-order valence-corrected chi connectivity index (χ0v) is 15.4. The zero-order valence-electron chi connectivity index (χ0n) is 14.6. The van der Waals surface area contributed by atoms with Crippen LogP contribution in [0.15, 0.2) is 52.3 Å². The smallest absolute Gasteiger partial charge is 0.249 e.